The summed E-state index contributed by atoms with van der Waals surface area (Å²) in [6.45, 7) is 12.4. The molecule has 1 aliphatic heterocycles. The molecule has 0 bridgehead atoms. The molecule has 0 radical (unpaired) electrons. The number of rotatable bonds is 4. The largest absolute Gasteiger partial charge is 0.540 e. The number of hydrogen-bond acceptors (Lipinski definition) is 3. The van der Waals surface area contributed by atoms with Crippen molar-refractivity contribution in [3.8, 4) is 12.3 Å². The van der Waals surface area contributed by atoms with Crippen molar-refractivity contribution in [1.82, 2.24) is 4.57 Å². The number of terminal acetylenes is 1. The zero-order valence-corrected chi connectivity index (χ0v) is 15.1. The van der Waals surface area contributed by atoms with Crippen LogP contribution in [0.4, 0.5) is 0 Å². The summed E-state index contributed by atoms with van der Waals surface area (Å²) in [4.78, 5) is 0. The van der Waals surface area contributed by atoms with Gasteiger partial charge in [0, 0.05) is 6.42 Å². The summed E-state index contributed by atoms with van der Waals surface area (Å²) in [5.41, 5.74) is 0. The summed E-state index contributed by atoms with van der Waals surface area (Å²) >= 11 is 5.36. The molecule has 0 aromatic rings. The molecule has 1 aliphatic rings. The highest BCUT2D eigenvalue weighted by atomic mass is 32.1. The molecule has 0 aromatic carbocycles. The molecule has 5 heteroatoms. The van der Waals surface area contributed by atoms with Crippen molar-refractivity contribution < 1.29 is 4.43 Å². The molecule has 0 aromatic heterocycles. The second-order valence-electron chi connectivity index (χ2n) is 6.58. The van der Waals surface area contributed by atoms with E-state index in [-0.39, 0.29) is 6.04 Å². The van der Waals surface area contributed by atoms with Crippen molar-refractivity contribution in [3.05, 3.63) is 0 Å². The van der Waals surface area contributed by atoms with Crippen LogP contribution in [0.25, 0.3) is 0 Å². The molecule has 1 fully saturated rings. The van der Waals surface area contributed by atoms with Crippen molar-refractivity contribution in [1.29, 1.82) is 0 Å². The molecule has 0 spiro atoms. The standard InChI is InChI=1S/C13H25NOSSi2/c1-7-12(11-13(16)15-17(2,3)4)14-9-8-10-18(14,5)6/h1,12H,8-11H2,2-6H3. The Morgan fingerprint density at radius 1 is 1.50 bits per heavy atom. The lowest BCUT2D eigenvalue weighted by atomic mass is 10.2. The van der Waals surface area contributed by atoms with Crippen LogP contribution in [-0.2, 0) is 4.43 Å². The number of nitrogens with zero attached hydrogens (tertiary/aromatic N) is 1. The summed E-state index contributed by atoms with van der Waals surface area (Å²) in [5, 5.41) is 0.703. The van der Waals surface area contributed by atoms with Gasteiger partial charge in [-0.15, -0.1) is 6.42 Å². The Hall–Kier alpha value is -0.156. The van der Waals surface area contributed by atoms with E-state index in [4.69, 9.17) is 23.1 Å². The fourth-order valence-corrected chi connectivity index (χ4v) is 7.26. The molecule has 18 heavy (non-hydrogen) atoms. The Morgan fingerprint density at radius 2 is 2.11 bits per heavy atom. The molecule has 0 aliphatic carbocycles. The van der Waals surface area contributed by atoms with Crippen molar-refractivity contribution in [3.63, 3.8) is 0 Å². The molecule has 1 atom stereocenters. The third-order valence-corrected chi connectivity index (χ3v) is 8.24. The summed E-state index contributed by atoms with van der Waals surface area (Å²) in [5.74, 6) is 2.92. The van der Waals surface area contributed by atoms with Crippen LogP contribution in [-0.4, -0.2) is 38.8 Å². The van der Waals surface area contributed by atoms with Crippen LogP contribution in [0.15, 0.2) is 0 Å². The minimum Gasteiger partial charge on any atom is -0.540 e. The van der Waals surface area contributed by atoms with E-state index in [0.717, 1.165) is 6.54 Å². The Labute approximate surface area is 119 Å². The van der Waals surface area contributed by atoms with E-state index in [1.165, 1.54) is 12.5 Å². The van der Waals surface area contributed by atoms with Crippen molar-refractivity contribution in [2.75, 3.05) is 6.54 Å². The zero-order chi connectivity index (χ0) is 14.0. The van der Waals surface area contributed by atoms with Crippen LogP contribution in [0.1, 0.15) is 12.8 Å². The van der Waals surface area contributed by atoms with Gasteiger partial charge in [0.2, 0.25) is 8.32 Å². The Kier molecular flexibility index (Phi) is 5.18. The molecule has 0 amide bonds. The number of hydrogen-bond donors (Lipinski definition) is 0. The first-order chi connectivity index (χ1) is 8.15. The van der Waals surface area contributed by atoms with E-state index in [1.807, 2.05) is 0 Å². The van der Waals surface area contributed by atoms with E-state index < -0.39 is 16.6 Å². The maximum absolute atomic E-state index is 5.86. The van der Waals surface area contributed by atoms with Crippen molar-refractivity contribution in [2.45, 2.75) is 57.7 Å². The monoisotopic (exact) mass is 299 g/mol. The molecule has 1 unspecified atom stereocenters. The van der Waals surface area contributed by atoms with Gasteiger partial charge in [-0.1, -0.05) is 19.0 Å². The highest BCUT2D eigenvalue weighted by molar-refractivity contribution is 7.80. The maximum atomic E-state index is 5.86. The van der Waals surface area contributed by atoms with Gasteiger partial charge in [-0.05, 0) is 50.9 Å². The first-order valence-corrected chi connectivity index (χ1v) is 13.6. The predicted octanol–water partition coefficient (Wildman–Crippen LogP) is 3.47. The summed E-state index contributed by atoms with van der Waals surface area (Å²) in [6.07, 6.45) is 7.70. The number of thiocarbonyl (C=S) groups is 1. The van der Waals surface area contributed by atoms with Gasteiger partial charge in [-0.25, -0.2) is 0 Å². The SMILES string of the molecule is C#CC(CC(=S)O[Si](C)(C)C)N1CCC[Si]1(C)C. The van der Waals surface area contributed by atoms with Gasteiger partial charge in [0.25, 0.3) is 0 Å². The van der Waals surface area contributed by atoms with E-state index >= 15 is 0 Å². The van der Waals surface area contributed by atoms with Crippen molar-refractivity contribution in [2.24, 2.45) is 0 Å². The smallest absolute Gasteiger partial charge is 0.242 e. The first kappa shape index (κ1) is 15.9. The molecular formula is C13H25NOSSi2. The fraction of sp³-hybridized carbons (Fsp3) is 0.769. The first-order valence-electron chi connectivity index (χ1n) is 6.60. The van der Waals surface area contributed by atoms with Gasteiger partial charge in [-0.3, -0.25) is 0 Å². The van der Waals surface area contributed by atoms with Gasteiger partial charge in [0.1, 0.15) is 13.3 Å². The average molecular weight is 300 g/mol. The molecular weight excluding hydrogens is 274 g/mol. The lowest BCUT2D eigenvalue weighted by Crippen LogP contribution is -2.49. The second kappa shape index (κ2) is 5.87. The lowest BCUT2D eigenvalue weighted by molar-refractivity contribution is 0.395. The molecule has 2 nitrogen and oxygen atoms in total. The molecule has 1 heterocycles. The van der Waals surface area contributed by atoms with Crippen LogP contribution in [0.5, 0.6) is 0 Å². The van der Waals surface area contributed by atoms with Gasteiger partial charge < -0.3 is 8.99 Å². The van der Waals surface area contributed by atoms with E-state index in [2.05, 4.69) is 43.2 Å². The molecule has 0 saturated carbocycles. The topological polar surface area (TPSA) is 12.5 Å². The van der Waals surface area contributed by atoms with Crippen LogP contribution < -0.4 is 0 Å². The van der Waals surface area contributed by atoms with Crippen LogP contribution >= 0.6 is 12.2 Å². The lowest BCUT2D eigenvalue weighted by Gasteiger charge is -2.35. The normalized spacial score (nSPS) is 21.3. The molecule has 102 valence electrons. The molecule has 0 N–H and O–H groups in total. The van der Waals surface area contributed by atoms with Crippen LogP contribution in [0.2, 0.25) is 38.8 Å². The van der Waals surface area contributed by atoms with Crippen LogP contribution in [0, 0.1) is 12.3 Å². The van der Waals surface area contributed by atoms with Gasteiger partial charge >= 0.3 is 0 Å². The fourth-order valence-electron chi connectivity index (χ4n) is 2.51. The Bertz CT molecular complexity index is 357. The third-order valence-electron chi connectivity index (χ3n) is 3.31. The summed E-state index contributed by atoms with van der Waals surface area (Å²) < 4.78 is 8.40. The van der Waals surface area contributed by atoms with E-state index in [9.17, 15) is 0 Å². The van der Waals surface area contributed by atoms with Crippen LogP contribution in [0.3, 0.4) is 0 Å². The minimum absolute atomic E-state index is 0.137. The second-order valence-corrected chi connectivity index (χ2v) is 16.2. The summed E-state index contributed by atoms with van der Waals surface area (Å²) in [7, 11) is -2.88. The van der Waals surface area contributed by atoms with E-state index in [1.54, 1.807) is 0 Å². The maximum Gasteiger partial charge on any atom is 0.242 e. The molecule has 1 rings (SSSR count). The Morgan fingerprint density at radius 3 is 2.50 bits per heavy atom. The highest BCUT2D eigenvalue weighted by Gasteiger charge is 2.38. The average Bonchev–Trinajstić information content (AvgIpc) is 2.52. The van der Waals surface area contributed by atoms with Gasteiger partial charge in [0.05, 0.1) is 6.04 Å². The van der Waals surface area contributed by atoms with E-state index in [0.29, 0.717) is 11.5 Å². The third kappa shape index (κ3) is 4.50. The van der Waals surface area contributed by atoms with Crippen molar-refractivity contribution >= 4 is 33.8 Å². The quantitative estimate of drug-likeness (QED) is 0.448. The van der Waals surface area contributed by atoms with Gasteiger partial charge in [0.15, 0.2) is 0 Å². The highest BCUT2D eigenvalue weighted by Crippen LogP contribution is 2.29. The predicted molar refractivity (Wildman–Crippen MR) is 87.9 cm³/mol. The zero-order valence-electron chi connectivity index (χ0n) is 12.2. The van der Waals surface area contributed by atoms with Gasteiger partial charge in [-0.2, -0.15) is 0 Å². The molecule has 1 saturated heterocycles. The minimum atomic E-state index is -1.59. The summed E-state index contributed by atoms with van der Waals surface area (Å²) in [6, 6.07) is 1.48. The Balaban J connectivity index is 2.64.